The number of halogens is 2. The van der Waals surface area contributed by atoms with E-state index >= 15 is 0 Å². The highest BCUT2D eigenvalue weighted by Gasteiger charge is 2.31. The third-order valence-corrected chi connectivity index (χ3v) is 5.56. The molecule has 10 nitrogen and oxygen atoms in total. The van der Waals surface area contributed by atoms with Crippen LogP contribution in [0, 0.1) is 17.0 Å². The van der Waals surface area contributed by atoms with E-state index in [-0.39, 0.29) is 29.0 Å². The van der Waals surface area contributed by atoms with Crippen LogP contribution in [-0.2, 0) is 0 Å². The number of hydrogen-bond acceptors (Lipinski definition) is 8. The second-order valence-corrected chi connectivity index (χ2v) is 7.97. The Kier molecular flexibility index (Phi) is 7.68. The Morgan fingerprint density at radius 3 is 2.77 bits per heavy atom. The molecule has 0 atom stereocenters. The van der Waals surface area contributed by atoms with Crippen LogP contribution in [-0.4, -0.2) is 49.0 Å². The van der Waals surface area contributed by atoms with Gasteiger partial charge < -0.3 is 15.2 Å². The first-order valence-electron chi connectivity index (χ1n) is 9.83. The van der Waals surface area contributed by atoms with Crippen molar-refractivity contribution in [2.45, 2.75) is 57.6 Å². The molecule has 2 heterocycles. The van der Waals surface area contributed by atoms with Gasteiger partial charge in [0.15, 0.2) is 0 Å². The molecule has 12 heteroatoms. The van der Waals surface area contributed by atoms with E-state index in [0.717, 1.165) is 19.3 Å². The summed E-state index contributed by atoms with van der Waals surface area (Å²) >= 11 is 11.7. The summed E-state index contributed by atoms with van der Waals surface area (Å²) in [6.45, 7) is 2.56. The molecule has 2 aromatic heterocycles. The predicted octanol–water partition coefficient (Wildman–Crippen LogP) is 3.94. The molecule has 0 spiro atoms. The first-order chi connectivity index (χ1) is 14.4. The summed E-state index contributed by atoms with van der Waals surface area (Å²) in [4.78, 5) is 18.9. The zero-order chi connectivity index (χ0) is 21.7. The Bertz CT molecular complexity index is 886. The molecule has 30 heavy (non-hydrogen) atoms. The predicted molar refractivity (Wildman–Crippen MR) is 112 cm³/mol. The number of unbranched alkanes of at least 4 members (excludes halogenated alkanes) is 1. The summed E-state index contributed by atoms with van der Waals surface area (Å²) in [5.74, 6) is 0.502. The Hall–Kier alpha value is -2.17. The van der Waals surface area contributed by atoms with Gasteiger partial charge in [-0.15, -0.1) is 5.10 Å². The first kappa shape index (κ1) is 22.5. The smallest absolute Gasteiger partial charge is 0.352 e. The normalized spacial score (nSPS) is 18.9. The number of anilines is 1. The number of aliphatic hydroxyl groups excluding tert-OH is 1. The molecule has 2 N–H and O–H groups in total. The maximum absolute atomic E-state index is 11.5. The summed E-state index contributed by atoms with van der Waals surface area (Å²) < 4.78 is 7.33. The molecule has 0 aliphatic heterocycles. The zero-order valence-electron chi connectivity index (χ0n) is 16.6. The van der Waals surface area contributed by atoms with E-state index in [9.17, 15) is 15.2 Å². The summed E-state index contributed by atoms with van der Waals surface area (Å²) in [6, 6.07) is 0.0399. The van der Waals surface area contributed by atoms with Gasteiger partial charge in [0, 0.05) is 6.54 Å². The molecule has 1 aliphatic rings. The van der Waals surface area contributed by atoms with E-state index in [1.165, 1.54) is 6.20 Å². The van der Waals surface area contributed by atoms with E-state index in [1.807, 2.05) is 0 Å². The molecule has 0 bridgehead atoms. The van der Waals surface area contributed by atoms with Crippen LogP contribution >= 0.6 is 23.2 Å². The van der Waals surface area contributed by atoms with Gasteiger partial charge in [0.05, 0.1) is 29.9 Å². The van der Waals surface area contributed by atoms with Crippen molar-refractivity contribution < 1.29 is 14.8 Å². The highest BCUT2D eigenvalue weighted by atomic mass is 35.5. The van der Waals surface area contributed by atoms with Crippen molar-refractivity contribution in [3.8, 4) is 5.88 Å². The number of nitrogens with zero attached hydrogens (tertiary/aromatic N) is 5. The number of nitro groups is 1. The van der Waals surface area contributed by atoms with E-state index in [2.05, 4.69) is 20.4 Å². The summed E-state index contributed by atoms with van der Waals surface area (Å²) in [7, 11) is 0. The maximum Gasteiger partial charge on any atom is 0.352 e. The average Bonchev–Trinajstić information content (AvgIpc) is 3.04. The highest BCUT2D eigenvalue weighted by molar-refractivity contribution is 6.33. The standard InChI is InChI=1S/C18H24Cl2N6O4/c1-11-15(26(28)29)17(24-25(11)12-4-6-13(27)7-5-12)30-9-3-2-8-21-16-14(19)10-22-18(20)23-16/h10,12-13,27H,2-9H2,1H3,(H,21,22,23). The van der Waals surface area contributed by atoms with E-state index in [0.29, 0.717) is 48.9 Å². The Morgan fingerprint density at radius 1 is 1.33 bits per heavy atom. The SMILES string of the molecule is Cc1c([N+](=O)[O-])c(OCCCCNc2nc(Cl)ncc2Cl)nn1C1CCC(O)CC1. The van der Waals surface area contributed by atoms with Crippen LogP contribution in [0.1, 0.15) is 50.3 Å². The van der Waals surface area contributed by atoms with Crippen molar-refractivity contribution >= 4 is 34.7 Å². The van der Waals surface area contributed by atoms with Crippen LogP contribution in [0.15, 0.2) is 6.20 Å². The lowest BCUT2D eigenvalue weighted by atomic mass is 9.93. The molecule has 0 radical (unpaired) electrons. The van der Waals surface area contributed by atoms with Crippen molar-refractivity contribution in [2.75, 3.05) is 18.5 Å². The molecule has 3 rings (SSSR count). The van der Waals surface area contributed by atoms with Gasteiger partial charge in [-0.1, -0.05) is 11.6 Å². The van der Waals surface area contributed by atoms with Gasteiger partial charge in [0.25, 0.3) is 0 Å². The van der Waals surface area contributed by atoms with E-state index < -0.39 is 4.92 Å². The second-order valence-electron chi connectivity index (χ2n) is 7.22. The third-order valence-electron chi connectivity index (χ3n) is 5.10. The number of aromatic nitrogens is 4. The molecule has 1 fully saturated rings. The van der Waals surface area contributed by atoms with Gasteiger partial charge in [0.2, 0.25) is 5.28 Å². The number of hydrogen-bond donors (Lipinski definition) is 2. The number of rotatable bonds is 9. The monoisotopic (exact) mass is 458 g/mol. The molecule has 1 aliphatic carbocycles. The number of ether oxygens (including phenoxy) is 1. The molecule has 0 aromatic carbocycles. The van der Waals surface area contributed by atoms with Crippen molar-refractivity contribution in [3.05, 3.63) is 32.3 Å². The minimum atomic E-state index is -0.450. The minimum Gasteiger partial charge on any atom is -0.472 e. The minimum absolute atomic E-state index is 0.0399. The van der Waals surface area contributed by atoms with Crippen molar-refractivity contribution in [1.82, 2.24) is 19.7 Å². The van der Waals surface area contributed by atoms with E-state index in [1.54, 1.807) is 11.6 Å². The summed E-state index contributed by atoms with van der Waals surface area (Å²) in [5, 5.41) is 29.1. The quantitative estimate of drug-likeness (QED) is 0.250. The lowest BCUT2D eigenvalue weighted by Crippen LogP contribution is -2.22. The van der Waals surface area contributed by atoms with Crippen LogP contribution in [0.25, 0.3) is 0 Å². The maximum atomic E-state index is 11.5. The molecule has 0 saturated heterocycles. The molecule has 1 saturated carbocycles. The van der Waals surface area contributed by atoms with Crippen LogP contribution < -0.4 is 10.1 Å². The average molecular weight is 459 g/mol. The van der Waals surface area contributed by atoms with Gasteiger partial charge in [-0.05, 0) is 57.0 Å². The Morgan fingerprint density at radius 2 is 2.07 bits per heavy atom. The molecular formula is C18H24Cl2N6O4. The van der Waals surface area contributed by atoms with Gasteiger partial charge in [-0.3, -0.25) is 14.8 Å². The van der Waals surface area contributed by atoms with Crippen LogP contribution in [0.3, 0.4) is 0 Å². The van der Waals surface area contributed by atoms with Crippen molar-refractivity contribution in [3.63, 3.8) is 0 Å². The van der Waals surface area contributed by atoms with Crippen LogP contribution in [0.4, 0.5) is 11.5 Å². The Labute approximate surface area is 183 Å². The first-order valence-corrected chi connectivity index (χ1v) is 10.6. The lowest BCUT2D eigenvalue weighted by molar-refractivity contribution is -0.386. The van der Waals surface area contributed by atoms with E-state index in [4.69, 9.17) is 27.9 Å². The van der Waals surface area contributed by atoms with Gasteiger partial charge >= 0.3 is 11.6 Å². The van der Waals surface area contributed by atoms with Crippen LogP contribution in [0.2, 0.25) is 10.3 Å². The van der Waals surface area contributed by atoms with Gasteiger partial charge in [-0.25, -0.2) is 4.98 Å². The third kappa shape index (κ3) is 5.50. The fraction of sp³-hybridized carbons (Fsp3) is 0.611. The fourth-order valence-electron chi connectivity index (χ4n) is 3.52. The summed E-state index contributed by atoms with van der Waals surface area (Å²) in [5.41, 5.74) is 0.384. The van der Waals surface area contributed by atoms with Crippen LogP contribution in [0.5, 0.6) is 5.88 Å². The van der Waals surface area contributed by atoms with Gasteiger partial charge in [0.1, 0.15) is 16.5 Å². The topological polar surface area (TPSA) is 128 Å². The molecule has 164 valence electrons. The summed E-state index contributed by atoms with van der Waals surface area (Å²) in [6.07, 6.45) is 5.32. The zero-order valence-corrected chi connectivity index (χ0v) is 18.1. The number of aliphatic hydroxyl groups is 1. The fourth-order valence-corrected chi connectivity index (χ4v) is 3.81. The molecule has 0 unspecified atom stereocenters. The number of nitrogens with one attached hydrogen (secondary N) is 1. The van der Waals surface area contributed by atoms with Crippen molar-refractivity contribution in [1.29, 1.82) is 0 Å². The lowest BCUT2D eigenvalue weighted by Gasteiger charge is -2.26. The van der Waals surface area contributed by atoms with Gasteiger partial charge in [-0.2, -0.15) is 4.98 Å². The Balaban J connectivity index is 1.52. The molecular weight excluding hydrogens is 435 g/mol. The van der Waals surface area contributed by atoms with Crippen molar-refractivity contribution in [2.24, 2.45) is 0 Å². The largest absolute Gasteiger partial charge is 0.472 e. The highest BCUT2D eigenvalue weighted by Crippen LogP contribution is 2.36. The molecule has 2 aromatic rings. The molecule has 0 amide bonds. The second kappa shape index (κ2) is 10.2.